The van der Waals surface area contributed by atoms with E-state index in [0.29, 0.717) is 0 Å². The summed E-state index contributed by atoms with van der Waals surface area (Å²) < 4.78 is 41.0. The zero-order valence-electron chi connectivity index (χ0n) is 9.53. The first-order valence-electron chi connectivity index (χ1n) is 4.94. The number of hydrogen-bond acceptors (Lipinski definition) is 6. The third kappa shape index (κ3) is 4.34. The zero-order chi connectivity index (χ0) is 13.8. The van der Waals surface area contributed by atoms with Gasteiger partial charge in [0, 0.05) is 13.2 Å². The Morgan fingerprint density at radius 2 is 2.17 bits per heavy atom. The van der Waals surface area contributed by atoms with Gasteiger partial charge in [-0.15, -0.1) is 0 Å². The molecule has 18 heavy (non-hydrogen) atoms. The molecular weight excluding hydrogens is 253 g/mol. The van der Waals surface area contributed by atoms with Crippen molar-refractivity contribution in [2.24, 2.45) is 0 Å². The molecule has 0 bridgehead atoms. The van der Waals surface area contributed by atoms with Crippen molar-refractivity contribution in [1.82, 2.24) is 9.97 Å². The topological polar surface area (TPSA) is 93.3 Å². The standard InChI is InChI=1S/C9H13F3N4O2/c1-18-4-8-15-6(13)2-7(16-8)14-3-5(17)9(10,11)12/h2,5,17H,3-4H2,1H3,(H3,13,14,15,16). The molecule has 0 radical (unpaired) electrons. The number of aliphatic hydroxyl groups is 1. The van der Waals surface area contributed by atoms with Gasteiger partial charge in [0.15, 0.2) is 11.9 Å². The molecule has 102 valence electrons. The number of hydrogen-bond donors (Lipinski definition) is 3. The normalized spacial score (nSPS) is 13.4. The maximum Gasteiger partial charge on any atom is 0.416 e. The van der Waals surface area contributed by atoms with Gasteiger partial charge in [-0.3, -0.25) is 0 Å². The molecule has 6 nitrogen and oxygen atoms in total. The molecule has 0 spiro atoms. The van der Waals surface area contributed by atoms with Crippen molar-refractivity contribution in [2.45, 2.75) is 18.9 Å². The van der Waals surface area contributed by atoms with Gasteiger partial charge in [0.25, 0.3) is 0 Å². The molecule has 0 aliphatic rings. The van der Waals surface area contributed by atoms with Crippen LogP contribution in [-0.2, 0) is 11.3 Å². The Hall–Kier alpha value is -1.61. The maximum absolute atomic E-state index is 12.1. The number of aromatic nitrogens is 2. The Kier molecular flexibility index (Phi) is 4.68. The summed E-state index contributed by atoms with van der Waals surface area (Å²) in [7, 11) is 1.42. The number of rotatable bonds is 5. The molecule has 1 atom stereocenters. The quantitative estimate of drug-likeness (QED) is 0.720. The van der Waals surface area contributed by atoms with E-state index in [1.165, 1.54) is 13.2 Å². The largest absolute Gasteiger partial charge is 0.416 e. The highest BCUT2D eigenvalue weighted by molar-refractivity contribution is 5.44. The number of nitrogens with zero attached hydrogens (tertiary/aromatic N) is 2. The molecule has 0 fully saturated rings. The number of nitrogen functional groups attached to an aromatic ring is 1. The fraction of sp³-hybridized carbons (Fsp3) is 0.556. The van der Waals surface area contributed by atoms with Crippen LogP contribution in [0.15, 0.2) is 6.07 Å². The van der Waals surface area contributed by atoms with Crippen molar-refractivity contribution < 1.29 is 23.0 Å². The Morgan fingerprint density at radius 3 is 2.72 bits per heavy atom. The lowest BCUT2D eigenvalue weighted by Crippen LogP contribution is -2.35. The molecule has 1 aromatic heterocycles. The number of nitrogens with one attached hydrogen (secondary N) is 1. The third-order valence-corrected chi connectivity index (χ3v) is 1.92. The van der Waals surface area contributed by atoms with E-state index in [2.05, 4.69) is 15.3 Å². The molecule has 0 saturated carbocycles. The summed E-state index contributed by atoms with van der Waals surface area (Å²) in [5, 5.41) is 11.1. The highest BCUT2D eigenvalue weighted by atomic mass is 19.4. The number of methoxy groups -OCH3 is 1. The van der Waals surface area contributed by atoms with E-state index >= 15 is 0 Å². The predicted molar refractivity (Wildman–Crippen MR) is 57.7 cm³/mol. The average molecular weight is 266 g/mol. The van der Waals surface area contributed by atoms with E-state index < -0.39 is 18.8 Å². The Bertz CT molecular complexity index is 400. The van der Waals surface area contributed by atoms with E-state index in [9.17, 15) is 13.2 Å². The Balaban J connectivity index is 2.67. The van der Waals surface area contributed by atoms with Gasteiger partial charge in [0.2, 0.25) is 0 Å². The van der Waals surface area contributed by atoms with Crippen molar-refractivity contribution >= 4 is 11.6 Å². The number of nitrogens with two attached hydrogens (primary N) is 1. The molecule has 1 unspecified atom stereocenters. The van der Waals surface area contributed by atoms with Gasteiger partial charge in [-0.25, -0.2) is 9.97 Å². The first-order chi connectivity index (χ1) is 8.32. The van der Waals surface area contributed by atoms with Gasteiger partial charge in [0.1, 0.15) is 18.2 Å². The van der Waals surface area contributed by atoms with E-state index in [1.807, 2.05) is 0 Å². The summed E-state index contributed by atoms with van der Waals surface area (Å²) in [5.74, 6) is 0.431. The van der Waals surface area contributed by atoms with E-state index in [4.69, 9.17) is 15.6 Å². The molecular formula is C9H13F3N4O2. The summed E-state index contributed by atoms with van der Waals surface area (Å²) in [4.78, 5) is 7.69. The SMILES string of the molecule is COCc1nc(N)cc(NCC(O)C(F)(F)F)n1. The van der Waals surface area contributed by atoms with Crippen LogP contribution in [0.2, 0.25) is 0 Å². The van der Waals surface area contributed by atoms with E-state index in [1.54, 1.807) is 0 Å². The second-order valence-corrected chi connectivity index (χ2v) is 3.47. The molecule has 9 heteroatoms. The molecule has 0 saturated heterocycles. The van der Waals surface area contributed by atoms with Crippen molar-refractivity contribution in [3.63, 3.8) is 0 Å². The highest BCUT2D eigenvalue weighted by Crippen LogP contribution is 2.20. The number of halogens is 3. The third-order valence-electron chi connectivity index (χ3n) is 1.92. The maximum atomic E-state index is 12.1. The molecule has 0 aliphatic heterocycles. The molecule has 1 aromatic rings. The first kappa shape index (κ1) is 14.5. The number of anilines is 2. The van der Waals surface area contributed by atoms with E-state index in [0.717, 1.165) is 0 Å². The average Bonchev–Trinajstić information content (AvgIpc) is 2.24. The highest BCUT2D eigenvalue weighted by Gasteiger charge is 2.37. The van der Waals surface area contributed by atoms with Crippen LogP contribution in [0.5, 0.6) is 0 Å². The number of ether oxygens (including phenoxy) is 1. The van der Waals surface area contributed by atoms with Crippen LogP contribution in [0.1, 0.15) is 5.82 Å². The lowest BCUT2D eigenvalue weighted by molar-refractivity contribution is -0.198. The van der Waals surface area contributed by atoms with Crippen molar-refractivity contribution in [2.75, 3.05) is 24.7 Å². The minimum Gasteiger partial charge on any atom is -0.384 e. The van der Waals surface area contributed by atoms with Crippen LogP contribution < -0.4 is 11.1 Å². The monoisotopic (exact) mass is 266 g/mol. The summed E-state index contributed by atoms with van der Waals surface area (Å²) in [6, 6.07) is 1.27. The minimum absolute atomic E-state index is 0.0849. The molecule has 1 rings (SSSR count). The Labute approximate surface area is 101 Å². The van der Waals surface area contributed by atoms with Crippen LogP contribution in [0.3, 0.4) is 0 Å². The van der Waals surface area contributed by atoms with Gasteiger partial charge in [-0.05, 0) is 0 Å². The minimum atomic E-state index is -4.68. The molecule has 0 aliphatic carbocycles. The summed E-state index contributed by atoms with van der Waals surface area (Å²) >= 11 is 0. The smallest absolute Gasteiger partial charge is 0.384 e. The summed E-state index contributed by atoms with van der Waals surface area (Å²) in [6.07, 6.45) is -7.15. The molecule has 4 N–H and O–H groups in total. The van der Waals surface area contributed by atoms with Crippen LogP contribution in [0, 0.1) is 0 Å². The molecule has 0 amide bonds. The van der Waals surface area contributed by atoms with Crippen molar-refractivity contribution in [1.29, 1.82) is 0 Å². The fourth-order valence-corrected chi connectivity index (χ4v) is 1.12. The van der Waals surface area contributed by atoms with Gasteiger partial charge in [-0.1, -0.05) is 0 Å². The lowest BCUT2D eigenvalue weighted by atomic mass is 10.3. The van der Waals surface area contributed by atoms with Crippen molar-refractivity contribution in [3.05, 3.63) is 11.9 Å². The first-order valence-corrected chi connectivity index (χ1v) is 4.94. The lowest BCUT2D eigenvalue weighted by Gasteiger charge is -2.15. The number of aliphatic hydroxyl groups excluding tert-OH is 1. The van der Waals surface area contributed by atoms with Crippen LogP contribution in [0.4, 0.5) is 24.8 Å². The van der Waals surface area contributed by atoms with Crippen LogP contribution in [-0.4, -0.2) is 41.0 Å². The summed E-state index contributed by atoms with van der Waals surface area (Å²) in [5.41, 5.74) is 5.45. The molecule has 1 heterocycles. The van der Waals surface area contributed by atoms with E-state index in [-0.39, 0.29) is 24.1 Å². The van der Waals surface area contributed by atoms with Crippen LogP contribution >= 0.6 is 0 Å². The zero-order valence-corrected chi connectivity index (χ0v) is 9.53. The van der Waals surface area contributed by atoms with Gasteiger partial charge in [0.05, 0.1) is 6.54 Å². The van der Waals surface area contributed by atoms with Gasteiger partial charge in [-0.2, -0.15) is 13.2 Å². The molecule has 0 aromatic carbocycles. The van der Waals surface area contributed by atoms with Gasteiger partial charge < -0.3 is 20.9 Å². The fourth-order valence-electron chi connectivity index (χ4n) is 1.12. The predicted octanol–water partition coefficient (Wildman–Crippen LogP) is 0.540. The second-order valence-electron chi connectivity index (χ2n) is 3.47. The van der Waals surface area contributed by atoms with Crippen molar-refractivity contribution in [3.8, 4) is 0 Å². The number of alkyl halides is 3. The Morgan fingerprint density at radius 1 is 1.50 bits per heavy atom. The summed E-state index contributed by atoms with van der Waals surface area (Å²) in [6.45, 7) is -0.631. The van der Waals surface area contributed by atoms with Gasteiger partial charge >= 0.3 is 6.18 Å². The van der Waals surface area contributed by atoms with Crippen LogP contribution in [0.25, 0.3) is 0 Å². The second kappa shape index (κ2) is 5.83.